The highest BCUT2D eigenvalue weighted by Crippen LogP contribution is 2.43. The van der Waals surface area contributed by atoms with Gasteiger partial charge in [-0.15, -0.1) is 0 Å². The zero-order valence-corrected chi connectivity index (χ0v) is 57.0. The number of nitrogens with two attached hydrogens (primary N) is 1. The van der Waals surface area contributed by atoms with Gasteiger partial charge in [0.25, 0.3) is 0 Å². The molecule has 0 saturated carbocycles. The van der Waals surface area contributed by atoms with Crippen LogP contribution in [0.4, 0.5) is 0 Å². The van der Waals surface area contributed by atoms with Gasteiger partial charge in [-0.25, -0.2) is 4.57 Å². The molecule has 0 aromatic carbocycles. The average Bonchev–Trinajstić information content (AvgIpc) is 3.52. The highest BCUT2D eigenvalue weighted by Gasteiger charge is 2.26. The van der Waals surface area contributed by atoms with Crippen LogP contribution in [0.25, 0.3) is 0 Å². The van der Waals surface area contributed by atoms with E-state index in [4.69, 9.17) is 24.3 Å². The van der Waals surface area contributed by atoms with Crippen LogP contribution in [0.2, 0.25) is 0 Å². The largest absolute Gasteiger partial charge is 0.472 e. The third kappa shape index (κ3) is 70.7. The highest BCUT2D eigenvalue weighted by atomic mass is 31.2. The van der Waals surface area contributed by atoms with E-state index >= 15 is 0 Å². The van der Waals surface area contributed by atoms with Crippen molar-refractivity contribution in [3.63, 3.8) is 0 Å². The van der Waals surface area contributed by atoms with Crippen LogP contribution in [0, 0.1) is 0 Å². The molecule has 0 aliphatic rings. The summed E-state index contributed by atoms with van der Waals surface area (Å²) in [5.74, 6) is -0.809. The number of ether oxygens (including phenoxy) is 2. The molecule has 85 heavy (non-hydrogen) atoms. The third-order valence-corrected chi connectivity index (χ3v) is 17.4. The Morgan fingerprint density at radius 1 is 0.365 bits per heavy atom. The number of phosphoric ester groups is 1. The third-order valence-electron chi connectivity index (χ3n) is 16.4. The van der Waals surface area contributed by atoms with E-state index in [1.165, 1.54) is 276 Å². The molecular formula is C75H140NO8P. The van der Waals surface area contributed by atoms with Gasteiger partial charge in [0.2, 0.25) is 0 Å². The number of hydrogen-bond acceptors (Lipinski definition) is 8. The Morgan fingerprint density at radius 3 is 0.976 bits per heavy atom. The number of phosphoric acid groups is 1. The second-order valence-corrected chi connectivity index (χ2v) is 26.2. The minimum absolute atomic E-state index is 0.0544. The fourth-order valence-electron chi connectivity index (χ4n) is 11.0. The quantitative estimate of drug-likeness (QED) is 0.0264. The topological polar surface area (TPSA) is 134 Å². The van der Waals surface area contributed by atoms with E-state index in [0.717, 1.165) is 64.2 Å². The number of carbonyl (C=O) groups is 2. The molecule has 0 saturated heterocycles. The van der Waals surface area contributed by atoms with Crippen molar-refractivity contribution < 1.29 is 37.6 Å². The molecule has 0 amide bonds. The van der Waals surface area contributed by atoms with E-state index < -0.39 is 26.5 Å². The van der Waals surface area contributed by atoms with Crippen LogP contribution in [0.3, 0.4) is 0 Å². The molecule has 498 valence electrons. The number of esters is 2. The van der Waals surface area contributed by atoms with Crippen molar-refractivity contribution in [3.05, 3.63) is 60.8 Å². The Balaban J connectivity index is 3.80. The first kappa shape index (κ1) is 82.7. The van der Waals surface area contributed by atoms with E-state index in [1.807, 2.05) is 0 Å². The van der Waals surface area contributed by atoms with Crippen molar-refractivity contribution >= 4 is 19.8 Å². The van der Waals surface area contributed by atoms with Gasteiger partial charge < -0.3 is 20.1 Å². The fraction of sp³-hybridized carbons (Fsp3) is 0.840. The van der Waals surface area contributed by atoms with Crippen molar-refractivity contribution in [2.45, 2.75) is 380 Å². The lowest BCUT2D eigenvalue weighted by Gasteiger charge is -2.19. The summed E-state index contributed by atoms with van der Waals surface area (Å²) in [5, 5.41) is 0. The lowest BCUT2D eigenvalue weighted by Crippen LogP contribution is -2.29. The molecule has 0 rings (SSSR count). The zero-order valence-electron chi connectivity index (χ0n) is 56.1. The van der Waals surface area contributed by atoms with Crippen LogP contribution in [0.15, 0.2) is 60.8 Å². The van der Waals surface area contributed by atoms with Crippen LogP contribution in [0.5, 0.6) is 0 Å². The zero-order chi connectivity index (χ0) is 61.6. The van der Waals surface area contributed by atoms with E-state index in [9.17, 15) is 19.0 Å². The van der Waals surface area contributed by atoms with Crippen molar-refractivity contribution in [1.29, 1.82) is 0 Å². The van der Waals surface area contributed by atoms with Crippen molar-refractivity contribution in [1.82, 2.24) is 0 Å². The summed E-state index contributed by atoms with van der Waals surface area (Å²) in [6.07, 6.45) is 92.0. The number of allylic oxidation sites excluding steroid dienone is 10. The number of hydrogen-bond donors (Lipinski definition) is 2. The molecule has 0 heterocycles. The number of unbranched alkanes of at least 4 members (excludes halogenated alkanes) is 47. The summed E-state index contributed by atoms with van der Waals surface area (Å²) in [5.41, 5.74) is 5.41. The SMILES string of the molecule is CC/C=C\C/C=C\C/C=C\C/C=C\CCCCCCCCCCCCCCCCCCC(=O)OC(COC(=O)CCCCCCCCCCCCCCCCCCCCCCCCC/C=C\CCCCCCCCCC)COP(=O)(O)OCCN. The molecule has 0 radical (unpaired) electrons. The maximum atomic E-state index is 12.8. The highest BCUT2D eigenvalue weighted by molar-refractivity contribution is 7.47. The molecule has 3 N–H and O–H groups in total. The Hall–Kier alpha value is -2.29. The Kier molecular flexibility index (Phi) is 68.9. The van der Waals surface area contributed by atoms with Gasteiger partial charge in [0.05, 0.1) is 13.2 Å². The number of carbonyl (C=O) groups excluding carboxylic acids is 2. The average molecular weight is 1210 g/mol. The molecule has 0 aliphatic carbocycles. The molecule has 9 nitrogen and oxygen atoms in total. The van der Waals surface area contributed by atoms with Gasteiger partial charge in [-0.1, -0.05) is 344 Å². The number of rotatable bonds is 70. The van der Waals surface area contributed by atoms with Gasteiger partial charge in [-0.3, -0.25) is 18.6 Å². The van der Waals surface area contributed by atoms with Crippen LogP contribution >= 0.6 is 7.82 Å². The Bertz CT molecular complexity index is 1580. The fourth-order valence-corrected chi connectivity index (χ4v) is 11.7. The van der Waals surface area contributed by atoms with Gasteiger partial charge in [0.15, 0.2) is 6.10 Å². The molecule has 0 aromatic rings. The monoisotopic (exact) mass is 1210 g/mol. The molecule has 0 bridgehead atoms. The van der Waals surface area contributed by atoms with Crippen molar-refractivity contribution in [3.8, 4) is 0 Å². The maximum Gasteiger partial charge on any atom is 0.472 e. The molecule has 0 aromatic heterocycles. The molecule has 0 fully saturated rings. The molecule has 10 heteroatoms. The van der Waals surface area contributed by atoms with Crippen LogP contribution in [0.1, 0.15) is 373 Å². The van der Waals surface area contributed by atoms with Crippen molar-refractivity contribution in [2.24, 2.45) is 5.73 Å². The smallest absolute Gasteiger partial charge is 0.462 e. The second-order valence-electron chi connectivity index (χ2n) is 24.8. The van der Waals surface area contributed by atoms with Crippen LogP contribution in [-0.2, 0) is 32.7 Å². The van der Waals surface area contributed by atoms with Gasteiger partial charge in [-0.2, -0.15) is 0 Å². The summed E-state index contributed by atoms with van der Waals surface area (Å²) in [6, 6.07) is 0. The molecular weight excluding hydrogens is 1070 g/mol. The van der Waals surface area contributed by atoms with Gasteiger partial charge in [0, 0.05) is 19.4 Å². The standard InChI is InChI=1S/C75H140NO8P/c1-3-5-7-9-11-13-15-17-19-21-23-25-27-29-31-33-34-35-36-37-38-40-41-43-45-47-49-51-53-55-57-59-61-63-65-67-74(77)81-71-73(72-83-85(79,80)82-70-69-76)84-75(78)68-66-64-62-60-58-56-54-52-50-48-46-44-42-39-32-30-28-26-24-22-20-18-16-14-12-10-8-6-4-2/h6,8,12,14,18,20-21,23-24,26,73H,3-5,7,9-11,13,15-17,19,22,25,27-72,76H2,1-2H3,(H,79,80)/b8-6-,14-12-,20-18-,23-21-,26-24-. The summed E-state index contributed by atoms with van der Waals surface area (Å²) in [4.78, 5) is 35.4. The van der Waals surface area contributed by atoms with E-state index in [2.05, 4.69) is 74.6 Å². The predicted molar refractivity (Wildman–Crippen MR) is 367 cm³/mol. The molecule has 0 spiro atoms. The van der Waals surface area contributed by atoms with Crippen LogP contribution in [-0.4, -0.2) is 49.3 Å². The Labute approximate surface area is 527 Å². The van der Waals surface area contributed by atoms with E-state index in [1.54, 1.807) is 0 Å². The minimum Gasteiger partial charge on any atom is -0.462 e. The lowest BCUT2D eigenvalue weighted by molar-refractivity contribution is -0.161. The van der Waals surface area contributed by atoms with Gasteiger partial charge in [0.1, 0.15) is 6.61 Å². The van der Waals surface area contributed by atoms with Crippen molar-refractivity contribution in [2.75, 3.05) is 26.4 Å². The van der Waals surface area contributed by atoms with Crippen LogP contribution < -0.4 is 5.73 Å². The first-order valence-corrected chi connectivity index (χ1v) is 38.3. The predicted octanol–water partition coefficient (Wildman–Crippen LogP) is 24.2. The van der Waals surface area contributed by atoms with Gasteiger partial charge >= 0.3 is 19.8 Å². The first-order chi connectivity index (χ1) is 41.8. The first-order valence-electron chi connectivity index (χ1n) is 36.8. The normalized spacial score (nSPS) is 13.2. The Morgan fingerprint density at radius 2 is 0.647 bits per heavy atom. The maximum absolute atomic E-state index is 12.8. The summed E-state index contributed by atoms with van der Waals surface area (Å²) in [7, 11) is -4.39. The minimum atomic E-state index is -4.39. The molecule has 2 atom stereocenters. The van der Waals surface area contributed by atoms with Gasteiger partial charge in [-0.05, 0) is 77.0 Å². The lowest BCUT2D eigenvalue weighted by atomic mass is 10.0. The van der Waals surface area contributed by atoms with E-state index in [0.29, 0.717) is 6.42 Å². The molecule has 2 unspecified atom stereocenters. The molecule has 0 aliphatic heterocycles. The summed E-state index contributed by atoms with van der Waals surface area (Å²) in [6.45, 7) is 3.70. The summed E-state index contributed by atoms with van der Waals surface area (Å²) < 4.78 is 33.2. The van der Waals surface area contributed by atoms with E-state index in [-0.39, 0.29) is 38.6 Å². The second kappa shape index (κ2) is 70.8. The summed E-state index contributed by atoms with van der Waals surface area (Å²) >= 11 is 0.